The molecule has 178 valence electrons. The summed E-state index contributed by atoms with van der Waals surface area (Å²) in [6, 6.07) is 14.0. The van der Waals surface area contributed by atoms with E-state index in [-0.39, 0.29) is 30.7 Å². The van der Waals surface area contributed by atoms with Crippen LogP contribution in [0.2, 0.25) is 5.02 Å². The van der Waals surface area contributed by atoms with Gasteiger partial charge in [-0.15, -0.1) is 0 Å². The lowest BCUT2D eigenvalue weighted by molar-refractivity contribution is -0.138. The fourth-order valence-electron chi connectivity index (χ4n) is 4.27. The number of rotatable bonds is 8. The Bertz CT molecular complexity index is 1110. The van der Waals surface area contributed by atoms with Crippen molar-refractivity contribution in [1.29, 1.82) is 0 Å². The summed E-state index contributed by atoms with van der Waals surface area (Å²) >= 11 is 6.10. The molecular weight excluding hydrogens is 460 g/mol. The van der Waals surface area contributed by atoms with E-state index < -0.39 is 17.7 Å². The van der Waals surface area contributed by atoms with Gasteiger partial charge in [-0.3, -0.25) is 9.78 Å². The van der Waals surface area contributed by atoms with Gasteiger partial charge in [-0.05, 0) is 61.8 Å². The van der Waals surface area contributed by atoms with Crippen molar-refractivity contribution in [1.82, 2.24) is 15.2 Å². The van der Waals surface area contributed by atoms with E-state index in [1.165, 1.54) is 18.3 Å². The van der Waals surface area contributed by atoms with Crippen molar-refractivity contribution in [2.45, 2.75) is 18.9 Å². The normalized spacial score (nSPS) is 15.0. The number of carbonyl (C=O) groups excluding carboxylic acids is 1. The molecule has 0 bridgehead atoms. The van der Waals surface area contributed by atoms with Crippen LogP contribution in [0.3, 0.4) is 0 Å². The Morgan fingerprint density at radius 1 is 1.09 bits per heavy atom. The number of para-hydroxylation sites is 1. The molecule has 1 saturated heterocycles. The Balaban J connectivity index is 1.69. The number of nitrogens with one attached hydrogen (secondary N) is 1. The summed E-state index contributed by atoms with van der Waals surface area (Å²) in [7, 11) is 0. The SMILES string of the molecule is O=C(C1CCNCC1)N(CCOc1ccccc1F)[C@H](c1ccc(Cl)cc1)c1ccncc1F. The predicted molar refractivity (Wildman–Crippen MR) is 127 cm³/mol. The molecule has 5 nitrogen and oxygen atoms in total. The van der Waals surface area contributed by atoms with Crippen LogP contribution in [-0.2, 0) is 4.79 Å². The van der Waals surface area contributed by atoms with Gasteiger partial charge in [0.1, 0.15) is 12.4 Å². The first kappa shape index (κ1) is 24.1. The van der Waals surface area contributed by atoms with Gasteiger partial charge in [0.25, 0.3) is 0 Å². The molecule has 34 heavy (non-hydrogen) atoms. The number of benzene rings is 2. The molecule has 0 unspecified atom stereocenters. The number of ether oxygens (including phenoxy) is 1. The summed E-state index contributed by atoms with van der Waals surface area (Å²) in [5.74, 6) is -1.17. The second kappa shape index (κ2) is 11.4. The molecular formula is C26H26ClF2N3O2. The first-order valence-corrected chi connectivity index (χ1v) is 11.7. The van der Waals surface area contributed by atoms with Crippen LogP contribution < -0.4 is 10.1 Å². The highest BCUT2D eigenvalue weighted by Crippen LogP contribution is 2.33. The Morgan fingerprint density at radius 3 is 2.53 bits per heavy atom. The van der Waals surface area contributed by atoms with E-state index in [4.69, 9.17) is 16.3 Å². The first-order chi connectivity index (χ1) is 16.5. The number of halogens is 3. The number of hydrogen-bond donors (Lipinski definition) is 1. The summed E-state index contributed by atoms with van der Waals surface area (Å²) in [6.07, 6.45) is 4.02. The molecule has 1 atom stereocenters. The van der Waals surface area contributed by atoms with Gasteiger partial charge < -0.3 is 15.0 Å². The number of pyridine rings is 1. The van der Waals surface area contributed by atoms with Crippen molar-refractivity contribution in [2.75, 3.05) is 26.2 Å². The van der Waals surface area contributed by atoms with Crippen molar-refractivity contribution in [3.8, 4) is 5.75 Å². The van der Waals surface area contributed by atoms with E-state index in [1.807, 2.05) is 0 Å². The third kappa shape index (κ3) is 5.72. The minimum Gasteiger partial charge on any atom is -0.489 e. The number of amides is 1. The average Bonchev–Trinajstić information content (AvgIpc) is 2.86. The lowest BCUT2D eigenvalue weighted by Gasteiger charge is -2.36. The molecule has 1 N–H and O–H groups in total. The van der Waals surface area contributed by atoms with E-state index in [9.17, 15) is 13.6 Å². The molecule has 4 rings (SSSR count). The number of nitrogens with zero attached hydrogens (tertiary/aromatic N) is 2. The van der Waals surface area contributed by atoms with E-state index in [0.29, 0.717) is 29.0 Å². The van der Waals surface area contributed by atoms with Gasteiger partial charge in [0.2, 0.25) is 5.91 Å². The monoisotopic (exact) mass is 485 g/mol. The van der Waals surface area contributed by atoms with Crippen molar-refractivity contribution in [3.63, 3.8) is 0 Å². The van der Waals surface area contributed by atoms with Crippen molar-refractivity contribution in [2.24, 2.45) is 5.92 Å². The number of hydrogen-bond acceptors (Lipinski definition) is 4. The van der Waals surface area contributed by atoms with Crippen LogP contribution in [0.25, 0.3) is 0 Å². The van der Waals surface area contributed by atoms with Gasteiger partial charge in [0.15, 0.2) is 11.6 Å². The van der Waals surface area contributed by atoms with Gasteiger partial charge in [0, 0.05) is 22.7 Å². The smallest absolute Gasteiger partial charge is 0.226 e. The maximum absolute atomic E-state index is 15.0. The van der Waals surface area contributed by atoms with Crippen molar-refractivity contribution >= 4 is 17.5 Å². The molecule has 1 fully saturated rings. The lowest BCUT2D eigenvalue weighted by Crippen LogP contribution is -2.45. The molecule has 1 aliphatic rings. The fraction of sp³-hybridized carbons (Fsp3) is 0.308. The zero-order valence-electron chi connectivity index (χ0n) is 18.6. The van der Waals surface area contributed by atoms with E-state index in [2.05, 4.69) is 10.3 Å². The standard InChI is InChI=1S/C26H26ClF2N3O2/c27-20-7-5-18(6-8-20)25(21-11-14-31-17-23(21)29)32(26(33)19-9-12-30-13-10-19)15-16-34-24-4-2-1-3-22(24)28/h1-8,11,14,17,19,25,30H,9-10,12-13,15-16H2/t25-/m1/s1. The van der Waals surface area contributed by atoms with Crippen molar-refractivity contribution in [3.05, 3.63) is 94.8 Å². The molecule has 8 heteroatoms. The summed E-state index contributed by atoms with van der Waals surface area (Å²) in [6.45, 7) is 1.68. The highest BCUT2D eigenvalue weighted by atomic mass is 35.5. The zero-order valence-corrected chi connectivity index (χ0v) is 19.3. The molecule has 2 aromatic carbocycles. The summed E-state index contributed by atoms with van der Waals surface area (Å²) in [4.78, 5) is 19.3. The Labute approximate surface area is 202 Å². The molecule has 1 amide bonds. The summed E-state index contributed by atoms with van der Waals surface area (Å²) in [5.41, 5.74) is 1.04. The molecule has 2 heterocycles. The first-order valence-electron chi connectivity index (χ1n) is 11.3. The Hall–Kier alpha value is -3.03. The van der Waals surface area contributed by atoms with Gasteiger partial charge in [-0.25, -0.2) is 8.78 Å². The molecule has 1 aromatic heterocycles. The molecule has 1 aliphatic heterocycles. The molecule has 0 aliphatic carbocycles. The maximum atomic E-state index is 15.0. The third-order valence-corrected chi connectivity index (χ3v) is 6.25. The summed E-state index contributed by atoms with van der Waals surface area (Å²) < 4.78 is 34.7. The molecule has 0 saturated carbocycles. The third-order valence-electron chi connectivity index (χ3n) is 5.99. The molecule has 0 radical (unpaired) electrons. The van der Waals surface area contributed by atoms with Crippen LogP contribution in [0.15, 0.2) is 67.0 Å². The predicted octanol–water partition coefficient (Wildman–Crippen LogP) is 5.01. The van der Waals surface area contributed by atoms with Crippen LogP contribution in [-0.4, -0.2) is 42.0 Å². The topological polar surface area (TPSA) is 54.5 Å². The minimum absolute atomic E-state index is 0.0500. The van der Waals surface area contributed by atoms with Gasteiger partial charge in [-0.2, -0.15) is 0 Å². The highest BCUT2D eigenvalue weighted by Gasteiger charge is 2.33. The number of piperidine rings is 1. The second-order valence-corrected chi connectivity index (χ2v) is 8.62. The van der Waals surface area contributed by atoms with E-state index in [1.54, 1.807) is 47.4 Å². The number of aromatic nitrogens is 1. The van der Waals surface area contributed by atoms with Crippen molar-refractivity contribution < 1.29 is 18.3 Å². The average molecular weight is 486 g/mol. The highest BCUT2D eigenvalue weighted by molar-refractivity contribution is 6.30. The van der Waals surface area contributed by atoms with Crippen LogP contribution in [0.5, 0.6) is 5.75 Å². The fourth-order valence-corrected chi connectivity index (χ4v) is 4.39. The van der Waals surface area contributed by atoms with Gasteiger partial charge in [0.05, 0.1) is 18.8 Å². The minimum atomic E-state index is -0.716. The largest absolute Gasteiger partial charge is 0.489 e. The van der Waals surface area contributed by atoms with Crippen LogP contribution in [0.4, 0.5) is 8.78 Å². The second-order valence-electron chi connectivity index (χ2n) is 8.19. The zero-order chi connectivity index (χ0) is 23.9. The molecule has 3 aromatic rings. The number of carbonyl (C=O) groups is 1. The quantitative estimate of drug-likeness (QED) is 0.487. The van der Waals surface area contributed by atoms with Gasteiger partial charge in [-0.1, -0.05) is 35.9 Å². The Kier molecular flexibility index (Phi) is 8.08. The Morgan fingerprint density at radius 2 is 1.82 bits per heavy atom. The van der Waals surface area contributed by atoms with E-state index in [0.717, 1.165) is 19.3 Å². The molecule has 0 spiro atoms. The van der Waals surface area contributed by atoms with Crippen LogP contribution >= 0.6 is 11.6 Å². The van der Waals surface area contributed by atoms with Crippen LogP contribution in [0.1, 0.15) is 30.0 Å². The van der Waals surface area contributed by atoms with E-state index >= 15 is 0 Å². The maximum Gasteiger partial charge on any atom is 0.226 e. The van der Waals surface area contributed by atoms with Gasteiger partial charge >= 0.3 is 0 Å². The van der Waals surface area contributed by atoms with Crippen LogP contribution in [0, 0.1) is 17.6 Å². The summed E-state index contributed by atoms with van der Waals surface area (Å²) in [5, 5.41) is 3.81. The lowest BCUT2D eigenvalue weighted by atomic mass is 9.92.